The first-order chi connectivity index (χ1) is 10.6. The Bertz CT molecular complexity index is 542. The van der Waals surface area contributed by atoms with Crippen LogP contribution in [0.4, 0.5) is 0 Å². The summed E-state index contributed by atoms with van der Waals surface area (Å²) in [6, 6.07) is 3.70. The van der Waals surface area contributed by atoms with Crippen LogP contribution < -0.4 is 5.56 Å². The molecule has 139 valence electrons. The third kappa shape index (κ3) is 14.8. The van der Waals surface area contributed by atoms with Crippen molar-refractivity contribution in [3.05, 3.63) is 40.6 Å². The molecule has 0 amide bonds. The first kappa shape index (κ1) is 34.6. The summed E-state index contributed by atoms with van der Waals surface area (Å²) < 4.78 is 1.92. The van der Waals surface area contributed by atoms with Crippen LogP contribution in [0.15, 0.2) is 29.3 Å². The van der Waals surface area contributed by atoms with Gasteiger partial charge in [0.25, 0.3) is 5.56 Å². The number of carbonyl (C=O) groups excluding carboxylic acids is 1. The summed E-state index contributed by atoms with van der Waals surface area (Å²) in [6.45, 7) is 17.1. The SMILES string of the molecule is C.CC.CC.CC.CC(C)=O.CCc1c[nH]c(=O)c2cccn12.[Y]. The zero-order valence-electron chi connectivity index (χ0n) is 16.4. The fourth-order valence-electron chi connectivity index (χ4n) is 1.38. The molecule has 24 heavy (non-hydrogen) atoms. The number of hydrogen-bond donors (Lipinski definition) is 1. The van der Waals surface area contributed by atoms with Crippen molar-refractivity contribution in [2.45, 2.75) is 76.2 Å². The Hall–Kier alpha value is -0.736. The standard InChI is InChI=1S/C9H10N2O.C3H6O.3C2H6.CH4.Y/c1-2-7-6-10-9(12)8-4-3-5-11(7)8;1-3(2)4;3*1-2;;/h3-6H,2H2,1H3,(H,10,12);1-2H3;3*1-2H3;1H4;. The van der Waals surface area contributed by atoms with E-state index in [0.717, 1.165) is 12.1 Å². The van der Waals surface area contributed by atoms with Crippen molar-refractivity contribution < 1.29 is 37.5 Å². The number of rotatable bonds is 1. The van der Waals surface area contributed by atoms with Crippen LogP contribution in [0, 0.1) is 0 Å². The van der Waals surface area contributed by atoms with Gasteiger partial charge in [-0.15, -0.1) is 0 Å². The number of hydrogen-bond acceptors (Lipinski definition) is 2. The molecule has 2 heterocycles. The van der Waals surface area contributed by atoms with Crippen molar-refractivity contribution in [3.8, 4) is 0 Å². The molecule has 0 unspecified atom stereocenters. The van der Waals surface area contributed by atoms with Crippen LogP contribution in [-0.4, -0.2) is 15.2 Å². The molecule has 0 saturated heterocycles. The van der Waals surface area contributed by atoms with Gasteiger partial charge in [-0.1, -0.05) is 55.9 Å². The molecule has 0 aliphatic rings. The van der Waals surface area contributed by atoms with Crippen LogP contribution in [0.2, 0.25) is 0 Å². The van der Waals surface area contributed by atoms with Crippen molar-refractivity contribution >= 4 is 11.3 Å². The van der Waals surface area contributed by atoms with E-state index in [1.54, 1.807) is 6.20 Å². The fourth-order valence-corrected chi connectivity index (χ4v) is 1.38. The normalized spacial score (nSPS) is 7.21. The minimum absolute atomic E-state index is 0. The van der Waals surface area contributed by atoms with E-state index in [1.165, 1.54) is 13.8 Å². The zero-order valence-corrected chi connectivity index (χ0v) is 19.2. The predicted octanol–water partition coefficient (Wildman–Crippen LogP) is 5.50. The fraction of sp³-hybridized carbons (Fsp3) is 0.579. The van der Waals surface area contributed by atoms with Gasteiger partial charge in [-0.25, -0.2) is 0 Å². The van der Waals surface area contributed by atoms with E-state index in [0.29, 0.717) is 5.52 Å². The molecule has 2 aromatic rings. The summed E-state index contributed by atoms with van der Waals surface area (Å²) in [5, 5.41) is 0. The number of aromatic nitrogens is 2. The van der Waals surface area contributed by atoms with E-state index < -0.39 is 0 Å². The third-order valence-electron chi connectivity index (χ3n) is 2.02. The predicted molar refractivity (Wildman–Crippen MR) is 105 cm³/mol. The van der Waals surface area contributed by atoms with Crippen molar-refractivity contribution in [1.82, 2.24) is 9.38 Å². The summed E-state index contributed by atoms with van der Waals surface area (Å²) >= 11 is 0. The topological polar surface area (TPSA) is 54.3 Å². The number of H-pyrrole nitrogens is 1. The number of fused-ring (bicyclic) bond motifs is 1. The molecular weight excluding hydrogens is 377 g/mol. The van der Waals surface area contributed by atoms with Crippen molar-refractivity contribution in [1.29, 1.82) is 0 Å². The van der Waals surface area contributed by atoms with Gasteiger partial charge in [0.15, 0.2) is 0 Å². The second-order valence-electron chi connectivity index (χ2n) is 3.63. The minimum Gasteiger partial charge on any atom is -0.326 e. The Kier molecular flexibility index (Phi) is 35.3. The minimum atomic E-state index is -0.0304. The Morgan fingerprint density at radius 2 is 1.50 bits per heavy atom. The second-order valence-corrected chi connectivity index (χ2v) is 3.63. The van der Waals surface area contributed by atoms with E-state index >= 15 is 0 Å². The Morgan fingerprint density at radius 3 is 1.88 bits per heavy atom. The molecule has 0 bridgehead atoms. The summed E-state index contributed by atoms with van der Waals surface area (Å²) in [5.41, 5.74) is 1.81. The maximum atomic E-state index is 11.2. The third-order valence-corrected chi connectivity index (χ3v) is 2.02. The van der Waals surface area contributed by atoms with Gasteiger partial charge in [0, 0.05) is 50.8 Å². The van der Waals surface area contributed by atoms with Gasteiger partial charge in [-0.3, -0.25) is 4.79 Å². The van der Waals surface area contributed by atoms with Gasteiger partial charge >= 0.3 is 0 Å². The smallest absolute Gasteiger partial charge is 0.272 e. The summed E-state index contributed by atoms with van der Waals surface area (Å²) in [5.74, 6) is 0.167. The molecule has 2 rings (SSSR count). The van der Waals surface area contributed by atoms with Crippen LogP contribution in [-0.2, 0) is 43.9 Å². The van der Waals surface area contributed by atoms with E-state index in [9.17, 15) is 9.59 Å². The van der Waals surface area contributed by atoms with E-state index in [4.69, 9.17) is 0 Å². The van der Waals surface area contributed by atoms with Gasteiger partial charge in [0.05, 0.1) is 0 Å². The van der Waals surface area contributed by atoms with Crippen LogP contribution >= 0.6 is 0 Å². The van der Waals surface area contributed by atoms with Gasteiger partial charge in [-0.2, -0.15) is 0 Å². The Balaban J connectivity index is -0.0000000867. The Morgan fingerprint density at radius 1 is 1.08 bits per heavy atom. The molecule has 2 aromatic heterocycles. The molecule has 0 fully saturated rings. The average Bonchev–Trinajstić information content (AvgIpc) is 3.04. The molecular formula is C19H38N2O2Y. The van der Waals surface area contributed by atoms with E-state index in [-0.39, 0.29) is 51.5 Å². The monoisotopic (exact) mass is 415 g/mol. The average molecular weight is 415 g/mol. The maximum absolute atomic E-state index is 11.2. The Labute approximate surface area is 174 Å². The summed E-state index contributed by atoms with van der Waals surface area (Å²) in [6.07, 6.45) is 4.58. The molecule has 5 heteroatoms. The molecule has 4 nitrogen and oxygen atoms in total. The molecule has 1 radical (unpaired) electrons. The van der Waals surface area contributed by atoms with Crippen molar-refractivity contribution in [3.63, 3.8) is 0 Å². The van der Waals surface area contributed by atoms with Gasteiger partial charge in [0.1, 0.15) is 11.3 Å². The van der Waals surface area contributed by atoms with Gasteiger partial charge in [-0.05, 0) is 32.4 Å². The molecule has 0 aromatic carbocycles. The van der Waals surface area contributed by atoms with Crippen molar-refractivity contribution in [2.24, 2.45) is 0 Å². The van der Waals surface area contributed by atoms with E-state index in [1.807, 2.05) is 64.3 Å². The largest absolute Gasteiger partial charge is 0.326 e. The molecule has 0 aliphatic carbocycles. The van der Waals surface area contributed by atoms with Crippen molar-refractivity contribution in [2.75, 3.05) is 0 Å². The number of nitrogens with one attached hydrogen (secondary N) is 1. The quantitative estimate of drug-likeness (QED) is 0.669. The van der Waals surface area contributed by atoms with Crippen LogP contribution in [0.5, 0.6) is 0 Å². The summed E-state index contributed by atoms with van der Waals surface area (Å²) in [7, 11) is 0. The number of aryl methyl sites for hydroxylation is 1. The van der Waals surface area contributed by atoms with Crippen LogP contribution in [0.1, 0.15) is 75.4 Å². The first-order valence-electron chi connectivity index (χ1n) is 8.21. The van der Waals surface area contributed by atoms with E-state index in [2.05, 4.69) is 11.9 Å². The molecule has 0 atom stereocenters. The molecule has 0 saturated carbocycles. The number of ketones is 1. The number of aromatic amines is 1. The molecule has 1 N–H and O–H groups in total. The first-order valence-corrected chi connectivity index (χ1v) is 8.21. The second kappa shape index (κ2) is 24.5. The molecule has 0 aliphatic heterocycles. The number of Topliss-reactive ketones (excluding diaryl/α,β-unsaturated/α-hetero) is 1. The van der Waals surface area contributed by atoms with Crippen LogP contribution in [0.25, 0.3) is 5.52 Å². The zero-order chi connectivity index (χ0) is 18.1. The van der Waals surface area contributed by atoms with Gasteiger partial charge < -0.3 is 14.2 Å². The van der Waals surface area contributed by atoms with Gasteiger partial charge in [0.2, 0.25) is 0 Å². The number of nitrogens with zero attached hydrogens (tertiary/aromatic N) is 1. The van der Waals surface area contributed by atoms with Crippen LogP contribution in [0.3, 0.4) is 0 Å². The summed E-state index contributed by atoms with van der Waals surface area (Å²) in [4.78, 5) is 23.4. The molecule has 0 spiro atoms. The maximum Gasteiger partial charge on any atom is 0.272 e. The number of carbonyl (C=O) groups is 1.